The summed E-state index contributed by atoms with van der Waals surface area (Å²) in [6.07, 6.45) is 0.988. The SMILES string of the molecule is CCc1ccc(-n2c(CCl)nc3ccc(F)cc32)cc1. The standard InChI is InChI=1S/C16H14ClFN2/c1-2-11-3-6-13(7-4-11)20-15-9-12(18)5-8-14(15)19-16(20)10-17/h3-9H,2,10H2,1H3. The topological polar surface area (TPSA) is 17.8 Å². The first-order valence-corrected chi connectivity index (χ1v) is 7.08. The van der Waals surface area contributed by atoms with Crippen molar-refractivity contribution in [1.29, 1.82) is 0 Å². The normalized spacial score (nSPS) is 11.2. The fourth-order valence-corrected chi connectivity index (χ4v) is 2.54. The van der Waals surface area contributed by atoms with E-state index >= 15 is 0 Å². The zero-order chi connectivity index (χ0) is 14.1. The molecule has 0 fully saturated rings. The summed E-state index contributed by atoms with van der Waals surface area (Å²) >= 11 is 5.97. The van der Waals surface area contributed by atoms with Gasteiger partial charge >= 0.3 is 0 Å². The molecule has 1 heterocycles. The minimum absolute atomic E-state index is 0.273. The van der Waals surface area contributed by atoms with Crippen LogP contribution in [0.3, 0.4) is 0 Å². The smallest absolute Gasteiger partial charge is 0.129 e. The Morgan fingerprint density at radius 1 is 1.15 bits per heavy atom. The molecular weight excluding hydrogens is 275 g/mol. The highest BCUT2D eigenvalue weighted by Crippen LogP contribution is 2.23. The number of benzene rings is 2. The minimum atomic E-state index is -0.273. The van der Waals surface area contributed by atoms with Crippen molar-refractivity contribution in [2.45, 2.75) is 19.2 Å². The zero-order valence-corrected chi connectivity index (χ0v) is 11.9. The number of imidazole rings is 1. The number of hydrogen-bond donors (Lipinski definition) is 0. The van der Waals surface area contributed by atoms with Crippen molar-refractivity contribution in [3.63, 3.8) is 0 Å². The maximum Gasteiger partial charge on any atom is 0.129 e. The van der Waals surface area contributed by atoms with Gasteiger partial charge in [-0.05, 0) is 36.2 Å². The molecule has 2 aromatic carbocycles. The third-order valence-electron chi connectivity index (χ3n) is 3.41. The molecule has 0 saturated heterocycles. The van der Waals surface area contributed by atoms with Gasteiger partial charge in [0.25, 0.3) is 0 Å². The molecule has 0 radical (unpaired) electrons. The van der Waals surface area contributed by atoms with E-state index in [1.165, 1.54) is 17.7 Å². The highest BCUT2D eigenvalue weighted by atomic mass is 35.5. The first-order chi connectivity index (χ1) is 9.72. The van der Waals surface area contributed by atoms with E-state index in [9.17, 15) is 4.39 Å². The summed E-state index contributed by atoms with van der Waals surface area (Å²) in [5, 5.41) is 0. The molecule has 0 amide bonds. The van der Waals surface area contributed by atoms with E-state index < -0.39 is 0 Å². The largest absolute Gasteiger partial charge is 0.295 e. The lowest BCUT2D eigenvalue weighted by molar-refractivity contribution is 0.629. The van der Waals surface area contributed by atoms with E-state index in [2.05, 4.69) is 24.0 Å². The molecule has 0 unspecified atom stereocenters. The van der Waals surface area contributed by atoms with E-state index in [1.807, 2.05) is 16.7 Å². The van der Waals surface area contributed by atoms with Crippen LogP contribution in [0.1, 0.15) is 18.3 Å². The molecule has 3 rings (SSSR count). The van der Waals surface area contributed by atoms with Crippen LogP contribution in [0.2, 0.25) is 0 Å². The van der Waals surface area contributed by atoms with E-state index in [4.69, 9.17) is 11.6 Å². The summed E-state index contributed by atoms with van der Waals surface area (Å²) in [7, 11) is 0. The van der Waals surface area contributed by atoms with Gasteiger partial charge in [-0.2, -0.15) is 0 Å². The second-order valence-corrected chi connectivity index (χ2v) is 4.92. The highest BCUT2D eigenvalue weighted by Gasteiger charge is 2.12. The molecule has 0 atom stereocenters. The van der Waals surface area contributed by atoms with Crippen LogP contribution in [0, 0.1) is 5.82 Å². The molecule has 20 heavy (non-hydrogen) atoms. The van der Waals surface area contributed by atoms with Crippen molar-refractivity contribution in [1.82, 2.24) is 9.55 Å². The summed E-state index contributed by atoms with van der Waals surface area (Å²) in [5.41, 5.74) is 3.70. The first kappa shape index (κ1) is 13.1. The molecule has 0 bridgehead atoms. The lowest BCUT2D eigenvalue weighted by Gasteiger charge is -2.08. The third-order valence-corrected chi connectivity index (χ3v) is 3.65. The second-order valence-electron chi connectivity index (χ2n) is 4.65. The molecule has 0 saturated carbocycles. The maximum absolute atomic E-state index is 13.5. The van der Waals surface area contributed by atoms with Crippen molar-refractivity contribution < 1.29 is 4.39 Å². The number of alkyl halides is 1. The number of fused-ring (bicyclic) bond motifs is 1. The quantitative estimate of drug-likeness (QED) is 0.650. The fraction of sp³-hybridized carbons (Fsp3) is 0.188. The molecule has 0 aliphatic rings. The number of aromatic nitrogens is 2. The van der Waals surface area contributed by atoms with Gasteiger partial charge in [0.15, 0.2) is 0 Å². The number of nitrogens with zero attached hydrogens (tertiary/aromatic N) is 2. The van der Waals surface area contributed by atoms with Crippen molar-refractivity contribution in [2.24, 2.45) is 0 Å². The Morgan fingerprint density at radius 3 is 2.55 bits per heavy atom. The average Bonchev–Trinajstić information content (AvgIpc) is 2.85. The van der Waals surface area contributed by atoms with Crippen molar-refractivity contribution in [3.8, 4) is 5.69 Å². The molecule has 102 valence electrons. The Bertz CT molecular complexity index is 747. The van der Waals surface area contributed by atoms with Crippen LogP contribution >= 0.6 is 11.6 Å². The summed E-state index contributed by atoms with van der Waals surface area (Å²) in [6, 6.07) is 12.8. The number of rotatable bonds is 3. The average molecular weight is 289 g/mol. The Balaban J connectivity index is 2.24. The maximum atomic E-state index is 13.5. The zero-order valence-electron chi connectivity index (χ0n) is 11.1. The van der Waals surface area contributed by atoms with E-state index in [1.54, 1.807) is 6.07 Å². The van der Waals surface area contributed by atoms with Crippen LogP contribution in [0.25, 0.3) is 16.7 Å². The van der Waals surface area contributed by atoms with Crippen LogP contribution in [0.4, 0.5) is 4.39 Å². The number of aryl methyl sites for hydroxylation is 1. The number of hydrogen-bond acceptors (Lipinski definition) is 1. The Morgan fingerprint density at radius 2 is 1.90 bits per heavy atom. The van der Waals surface area contributed by atoms with Gasteiger partial charge in [-0.15, -0.1) is 11.6 Å². The van der Waals surface area contributed by atoms with Gasteiger partial charge in [-0.1, -0.05) is 19.1 Å². The van der Waals surface area contributed by atoms with E-state index in [-0.39, 0.29) is 11.7 Å². The molecule has 0 aliphatic carbocycles. The van der Waals surface area contributed by atoms with Gasteiger partial charge in [-0.3, -0.25) is 4.57 Å². The van der Waals surface area contributed by atoms with Crippen LogP contribution in [-0.2, 0) is 12.3 Å². The summed E-state index contributed by atoms with van der Waals surface area (Å²) in [4.78, 5) is 4.46. The Hall–Kier alpha value is -1.87. The lowest BCUT2D eigenvalue weighted by Crippen LogP contribution is -1.99. The molecular formula is C16H14ClFN2. The van der Waals surface area contributed by atoms with Crippen LogP contribution in [0.15, 0.2) is 42.5 Å². The second kappa shape index (κ2) is 5.25. The Labute approximate surface area is 121 Å². The molecule has 1 aromatic heterocycles. The highest BCUT2D eigenvalue weighted by molar-refractivity contribution is 6.17. The monoisotopic (exact) mass is 288 g/mol. The van der Waals surface area contributed by atoms with E-state index in [0.717, 1.165) is 29.0 Å². The van der Waals surface area contributed by atoms with Gasteiger partial charge in [0.1, 0.15) is 11.6 Å². The predicted molar refractivity (Wildman–Crippen MR) is 80.0 cm³/mol. The molecule has 2 nitrogen and oxygen atoms in total. The van der Waals surface area contributed by atoms with Gasteiger partial charge in [-0.25, -0.2) is 9.37 Å². The third kappa shape index (κ3) is 2.18. The Kier molecular flexibility index (Phi) is 3.45. The summed E-state index contributed by atoms with van der Waals surface area (Å²) < 4.78 is 15.4. The molecule has 0 spiro atoms. The van der Waals surface area contributed by atoms with Gasteiger partial charge in [0, 0.05) is 11.8 Å². The van der Waals surface area contributed by atoms with Gasteiger partial charge in [0.05, 0.1) is 16.9 Å². The van der Waals surface area contributed by atoms with Gasteiger partial charge < -0.3 is 0 Å². The van der Waals surface area contributed by atoms with Crippen LogP contribution < -0.4 is 0 Å². The van der Waals surface area contributed by atoms with Crippen molar-refractivity contribution in [2.75, 3.05) is 0 Å². The van der Waals surface area contributed by atoms with Crippen LogP contribution in [0.5, 0.6) is 0 Å². The van der Waals surface area contributed by atoms with Gasteiger partial charge in [0.2, 0.25) is 0 Å². The first-order valence-electron chi connectivity index (χ1n) is 6.55. The molecule has 0 N–H and O–H groups in total. The fourth-order valence-electron chi connectivity index (χ4n) is 2.36. The lowest BCUT2D eigenvalue weighted by atomic mass is 10.1. The summed E-state index contributed by atoms with van der Waals surface area (Å²) in [5.74, 6) is 0.729. The number of halogens is 2. The van der Waals surface area contributed by atoms with E-state index in [0.29, 0.717) is 0 Å². The van der Waals surface area contributed by atoms with Crippen molar-refractivity contribution >= 4 is 22.6 Å². The predicted octanol–water partition coefficient (Wildman–Crippen LogP) is 4.47. The summed E-state index contributed by atoms with van der Waals surface area (Å²) in [6.45, 7) is 2.11. The van der Waals surface area contributed by atoms with Crippen LogP contribution in [-0.4, -0.2) is 9.55 Å². The molecule has 0 aliphatic heterocycles. The van der Waals surface area contributed by atoms with Crippen molar-refractivity contribution in [3.05, 3.63) is 59.7 Å². The minimum Gasteiger partial charge on any atom is -0.295 e. The molecule has 3 aromatic rings. The molecule has 4 heteroatoms.